The molecule has 9 atom stereocenters. The molecule has 1 saturated heterocycles. The van der Waals surface area contributed by atoms with E-state index in [4.69, 9.17) is 20.7 Å². The van der Waals surface area contributed by atoms with Crippen LogP contribution in [0.3, 0.4) is 0 Å². The SMILES string of the molecule is CC[C@@H]([C@@H]1CC[C@@H](N)C([C@@H]2C(N=[N+]=[N-])CC(N=[N+]=[N-])[C@H](O)[C@H]2O)O1)N(Cc1ccccc1)C(=O)OCc1ccccc1. The molecule has 224 valence electrons. The van der Waals surface area contributed by atoms with E-state index in [-0.39, 0.29) is 13.0 Å². The van der Waals surface area contributed by atoms with Crippen molar-refractivity contribution in [1.29, 1.82) is 0 Å². The van der Waals surface area contributed by atoms with Crippen molar-refractivity contribution in [1.82, 2.24) is 4.90 Å². The third-order valence-electron chi connectivity index (χ3n) is 8.27. The summed E-state index contributed by atoms with van der Waals surface area (Å²) in [5, 5.41) is 29.3. The zero-order valence-corrected chi connectivity index (χ0v) is 23.5. The summed E-state index contributed by atoms with van der Waals surface area (Å²) in [6.07, 6.45) is -2.87. The lowest BCUT2D eigenvalue weighted by molar-refractivity contribution is -0.165. The van der Waals surface area contributed by atoms with E-state index in [2.05, 4.69) is 20.1 Å². The number of nitrogens with zero attached hydrogens (tertiary/aromatic N) is 7. The molecule has 4 rings (SSSR count). The number of rotatable bonds is 10. The summed E-state index contributed by atoms with van der Waals surface area (Å²) in [4.78, 5) is 21.0. The Bertz CT molecular complexity index is 1260. The van der Waals surface area contributed by atoms with Crippen molar-refractivity contribution < 1.29 is 24.5 Å². The molecule has 4 N–H and O–H groups in total. The fourth-order valence-electron chi connectivity index (χ4n) is 6.15. The van der Waals surface area contributed by atoms with Gasteiger partial charge in [-0.2, -0.15) is 0 Å². The fraction of sp³-hybridized carbons (Fsp3) is 0.552. The number of carbonyl (C=O) groups excluding carboxylic acids is 1. The highest BCUT2D eigenvalue weighted by atomic mass is 16.6. The Balaban J connectivity index is 1.59. The van der Waals surface area contributed by atoms with Crippen molar-refractivity contribution >= 4 is 6.09 Å². The summed E-state index contributed by atoms with van der Waals surface area (Å²) >= 11 is 0. The minimum absolute atomic E-state index is 0.0391. The van der Waals surface area contributed by atoms with Gasteiger partial charge in [-0.1, -0.05) is 77.8 Å². The summed E-state index contributed by atoms with van der Waals surface area (Å²) in [5.41, 5.74) is 26.4. The lowest BCUT2D eigenvalue weighted by atomic mass is 9.72. The van der Waals surface area contributed by atoms with Gasteiger partial charge in [0.2, 0.25) is 0 Å². The van der Waals surface area contributed by atoms with E-state index in [0.717, 1.165) is 11.1 Å². The summed E-state index contributed by atoms with van der Waals surface area (Å²) in [6, 6.07) is 16.3. The second-order valence-corrected chi connectivity index (χ2v) is 10.8. The van der Waals surface area contributed by atoms with E-state index in [9.17, 15) is 20.5 Å². The molecular formula is C29H38N8O5. The summed E-state index contributed by atoms with van der Waals surface area (Å²) in [5.74, 6) is -0.844. The Morgan fingerprint density at radius 2 is 1.64 bits per heavy atom. The molecule has 2 aromatic rings. The molecule has 1 aliphatic heterocycles. The molecule has 1 heterocycles. The number of ether oxygens (including phenoxy) is 2. The largest absolute Gasteiger partial charge is 0.445 e. The van der Waals surface area contributed by atoms with E-state index in [1.54, 1.807) is 4.90 Å². The van der Waals surface area contributed by atoms with Crippen LogP contribution in [0.15, 0.2) is 70.9 Å². The van der Waals surface area contributed by atoms with Crippen molar-refractivity contribution in [3.8, 4) is 0 Å². The van der Waals surface area contributed by atoms with Gasteiger partial charge in [-0.05, 0) is 47.9 Å². The first-order valence-electron chi connectivity index (χ1n) is 14.2. The van der Waals surface area contributed by atoms with E-state index < -0.39 is 60.6 Å². The van der Waals surface area contributed by atoms with Gasteiger partial charge in [0.05, 0.1) is 36.5 Å². The van der Waals surface area contributed by atoms with Crippen molar-refractivity contribution in [3.63, 3.8) is 0 Å². The van der Waals surface area contributed by atoms with Crippen molar-refractivity contribution in [2.45, 2.75) is 94.3 Å². The van der Waals surface area contributed by atoms with Gasteiger partial charge in [0.25, 0.3) is 0 Å². The molecule has 0 aromatic heterocycles. The van der Waals surface area contributed by atoms with E-state index in [1.165, 1.54) is 0 Å². The minimum Gasteiger partial charge on any atom is -0.445 e. The standard InChI is InChI=1S/C29H38N8O5/c1-2-23(37(16-18-9-5-3-6-10-18)29(40)41-17-19-11-7-4-8-12-19)24-14-13-20(30)28(42-24)25-21(33-35-31)15-22(34-36-32)26(38)27(25)39/h3-12,20-28,38-39H,2,13-17,30H2,1H3/t20-,21?,22?,23+,24+,25-,26+,27+,28?/m1/s1. The number of carbonyl (C=O) groups is 1. The van der Waals surface area contributed by atoms with Gasteiger partial charge in [0.15, 0.2) is 0 Å². The zero-order valence-electron chi connectivity index (χ0n) is 23.5. The first kappa shape index (κ1) is 31.1. The normalized spacial score (nSPS) is 29.8. The Kier molecular flexibility index (Phi) is 11.0. The van der Waals surface area contributed by atoms with Crippen LogP contribution in [0.1, 0.15) is 43.7 Å². The molecule has 42 heavy (non-hydrogen) atoms. The van der Waals surface area contributed by atoms with Crippen molar-refractivity contribution in [3.05, 3.63) is 92.7 Å². The highest BCUT2D eigenvalue weighted by Gasteiger charge is 2.50. The number of hydrogen-bond donors (Lipinski definition) is 3. The highest BCUT2D eigenvalue weighted by Crippen LogP contribution is 2.38. The maximum atomic E-state index is 13.6. The molecule has 0 spiro atoms. The molecule has 1 amide bonds. The lowest BCUT2D eigenvalue weighted by Gasteiger charge is -2.49. The van der Waals surface area contributed by atoms with Crippen LogP contribution in [0.2, 0.25) is 0 Å². The Labute approximate surface area is 244 Å². The molecule has 1 saturated carbocycles. The molecule has 0 bridgehead atoms. The number of amides is 1. The van der Waals surface area contributed by atoms with Gasteiger partial charge in [-0.25, -0.2) is 4.79 Å². The number of aliphatic hydroxyl groups excluding tert-OH is 2. The number of nitrogens with two attached hydrogens (primary N) is 1. The first-order valence-corrected chi connectivity index (χ1v) is 14.2. The van der Waals surface area contributed by atoms with Crippen LogP contribution in [-0.2, 0) is 22.6 Å². The van der Waals surface area contributed by atoms with Crippen LogP contribution in [0.4, 0.5) is 4.79 Å². The average Bonchev–Trinajstić information content (AvgIpc) is 3.01. The molecule has 3 unspecified atom stereocenters. The molecule has 2 aromatic carbocycles. The summed E-state index contributed by atoms with van der Waals surface area (Å²) in [6.45, 7) is 2.38. The van der Waals surface area contributed by atoms with E-state index in [0.29, 0.717) is 25.8 Å². The quantitative estimate of drug-likeness (QED) is 0.209. The second kappa shape index (κ2) is 14.9. The van der Waals surface area contributed by atoms with Gasteiger partial charge in [-0.15, -0.1) is 0 Å². The Morgan fingerprint density at radius 3 is 2.26 bits per heavy atom. The maximum absolute atomic E-state index is 13.6. The third-order valence-corrected chi connectivity index (χ3v) is 8.27. The molecule has 13 nitrogen and oxygen atoms in total. The van der Waals surface area contributed by atoms with Gasteiger partial charge < -0.3 is 25.4 Å². The minimum atomic E-state index is -1.41. The molecule has 2 fully saturated rings. The monoisotopic (exact) mass is 578 g/mol. The van der Waals surface area contributed by atoms with Gasteiger partial charge in [0.1, 0.15) is 6.61 Å². The summed E-state index contributed by atoms with van der Waals surface area (Å²) in [7, 11) is 0. The fourth-order valence-corrected chi connectivity index (χ4v) is 6.15. The number of azide groups is 2. The van der Waals surface area contributed by atoms with Crippen molar-refractivity contribution in [2.75, 3.05) is 0 Å². The number of aliphatic hydroxyl groups is 2. The topological polar surface area (TPSA) is 203 Å². The maximum Gasteiger partial charge on any atom is 0.410 e. The number of benzene rings is 2. The molecule has 13 heteroatoms. The molecule has 2 aliphatic rings. The van der Waals surface area contributed by atoms with Gasteiger partial charge >= 0.3 is 6.09 Å². The van der Waals surface area contributed by atoms with Crippen LogP contribution in [0, 0.1) is 5.92 Å². The molecule has 1 aliphatic carbocycles. The molecular weight excluding hydrogens is 540 g/mol. The number of hydrogen-bond acceptors (Lipinski definition) is 8. The van der Waals surface area contributed by atoms with Crippen LogP contribution in [0.25, 0.3) is 20.9 Å². The predicted octanol–water partition coefficient (Wildman–Crippen LogP) is 4.58. The second-order valence-electron chi connectivity index (χ2n) is 10.8. The summed E-state index contributed by atoms with van der Waals surface area (Å²) < 4.78 is 12.3. The van der Waals surface area contributed by atoms with Crippen molar-refractivity contribution in [2.24, 2.45) is 21.9 Å². The van der Waals surface area contributed by atoms with Crippen LogP contribution in [0.5, 0.6) is 0 Å². The van der Waals surface area contributed by atoms with Crippen LogP contribution in [-0.4, -0.2) is 69.8 Å². The van der Waals surface area contributed by atoms with Gasteiger partial charge in [0, 0.05) is 34.4 Å². The van der Waals surface area contributed by atoms with Gasteiger partial charge in [-0.3, -0.25) is 4.90 Å². The third kappa shape index (κ3) is 7.32. The zero-order chi connectivity index (χ0) is 30.1. The molecule has 0 radical (unpaired) electrons. The van der Waals surface area contributed by atoms with E-state index in [1.807, 2.05) is 67.6 Å². The smallest absolute Gasteiger partial charge is 0.410 e. The Morgan fingerprint density at radius 1 is 1.02 bits per heavy atom. The van der Waals surface area contributed by atoms with Crippen LogP contribution >= 0.6 is 0 Å². The Hall–Kier alpha value is -3.83. The lowest BCUT2D eigenvalue weighted by Crippen LogP contribution is -2.62. The average molecular weight is 579 g/mol. The highest BCUT2D eigenvalue weighted by molar-refractivity contribution is 5.68. The first-order chi connectivity index (χ1) is 20.4. The van der Waals surface area contributed by atoms with Crippen LogP contribution < -0.4 is 5.73 Å². The van der Waals surface area contributed by atoms with E-state index >= 15 is 0 Å². The predicted molar refractivity (Wildman–Crippen MR) is 155 cm³/mol.